The highest BCUT2D eigenvalue weighted by Gasteiger charge is 2.25. The molecule has 1 heterocycles. The number of carbonyl (C=O) groups is 1. The molecule has 1 fully saturated rings. The summed E-state index contributed by atoms with van der Waals surface area (Å²) in [6.45, 7) is 5.39. The van der Waals surface area contributed by atoms with Crippen molar-refractivity contribution in [2.45, 2.75) is 59.0 Å². The predicted molar refractivity (Wildman–Crippen MR) is 77.9 cm³/mol. The van der Waals surface area contributed by atoms with Crippen LogP contribution in [0.1, 0.15) is 44.0 Å². The first kappa shape index (κ1) is 15.5. The Morgan fingerprint density at radius 3 is 2.67 bits per heavy atom. The number of nitrogens with zero attached hydrogens (tertiary/aromatic N) is 3. The van der Waals surface area contributed by atoms with Gasteiger partial charge in [0.2, 0.25) is 5.91 Å². The van der Waals surface area contributed by atoms with E-state index in [4.69, 9.17) is 0 Å². The van der Waals surface area contributed by atoms with Gasteiger partial charge >= 0.3 is 5.69 Å². The quantitative estimate of drug-likeness (QED) is 0.680. The number of aromatic nitrogens is 2. The second-order valence-electron chi connectivity index (χ2n) is 5.87. The molecule has 1 aliphatic carbocycles. The van der Waals surface area contributed by atoms with Gasteiger partial charge in [-0.25, -0.2) is 0 Å². The molecular weight excluding hydrogens is 272 g/mol. The van der Waals surface area contributed by atoms with Crippen molar-refractivity contribution in [3.05, 3.63) is 21.5 Å². The first-order chi connectivity index (χ1) is 9.90. The summed E-state index contributed by atoms with van der Waals surface area (Å²) in [6.07, 6.45) is 4.50. The molecule has 21 heavy (non-hydrogen) atoms. The molecule has 1 N–H and O–H groups in total. The molecule has 0 aliphatic heterocycles. The molecule has 1 aromatic rings. The lowest BCUT2D eigenvalue weighted by molar-refractivity contribution is -0.386. The summed E-state index contributed by atoms with van der Waals surface area (Å²) in [5.74, 6) is 0.353. The first-order valence-corrected chi connectivity index (χ1v) is 7.38. The molecule has 0 radical (unpaired) electrons. The van der Waals surface area contributed by atoms with Gasteiger partial charge in [-0.05, 0) is 32.6 Å². The third kappa shape index (κ3) is 3.40. The standard InChI is InChI=1S/C14H22N4O3/c1-9-6-4-5-7-12(9)15-13(19)8-17-11(3)14(18(20)21)10(2)16-17/h9,12H,4-8H2,1-3H3,(H,15,19)/t9-,12+/m0/s1. The van der Waals surface area contributed by atoms with Crippen molar-refractivity contribution in [3.8, 4) is 0 Å². The largest absolute Gasteiger partial charge is 0.351 e. The van der Waals surface area contributed by atoms with Crippen molar-refractivity contribution >= 4 is 11.6 Å². The molecule has 2 atom stereocenters. The van der Waals surface area contributed by atoms with E-state index in [2.05, 4.69) is 17.3 Å². The molecule has 0 bridgehead atoms. The molecule has 2 rings (SSSR count). The van der Waals surface area contributed by atoms with E-state index in [1.165, 1.54) is 11.1 Å². The van der Waals surface area contributed by atoms with Crippen molar-refractivity contribution in [1.82, 2.24) is 15.1 Å². The van der Waals surface area contributed by atoms with Crippen molar-refractivity contribution in [2.24, 2.45) is 5.92 Å². The van der Waals surface area contributed by atoms with E-state index in [9.17, 15) is 14.9 Å². The SMILES string of the molecule is Cc1nn(CC(=O)N[C@@H]2CCCC[C@@H]2C)c(C)c1[N+](=O)[O-]. The van der Waals surface area contributed by atoms with E-state index >= 15 is 0 Å². The first-order valence-electron chi connectivity index (χ1n) is 7.38. The van der Waals surface area contributed by atoms with Gasteiger partial charge in [-0.2, -0.15) is 5.10 Å². The van der Waals surface area contributed by atoms with Crippen LogP contribution in [0.15, 0.2) is 0 Å². The number of rotatable bonds is 4. The van der Waals surface area contributed by atoms with Crippen LogP contribution in [0, 0.1) is 29.9 Å². The van der Waals surface area contributed by atoms with Gasteiger partial charge in [-0.15, -0.1) is 0 Å². The Bertz CT molecular complexity index is 553. The maximum absolute atomic E-state index is 12.1. The summed E-state index contributed by atoms with van der Waals surface area (Å²) in [5, 5.41) is 18.1. The summed E-state index contributed by atoms with van der Waals surface area (Å²) >= 11 is 0. The zero-order chi connectivity index (χ0) is 15.6. The number of nitro groups is 1. The minimum Gasteiger partial charge on any atom is -0.351 e. The molecule has 1 aliphatic rings. The third-order valence-electron chi connectivity index (χ3n) is 4.28. The molecular formula is C14H22N4O3. The highest BCUT2D eigenvalue weighted by atomic mass is 16.6. The van der Waals surface area contributed by atoms with Crippen LogP contribution in [0.25, 0.3) is 0 Å². The Labute approximate surface area is 123 Å². The van der Waals surface area contributed by atoms with Gasteiger partial charge in [-0.3, -0.25) is 19.6 Å². The molecule has 1 saturated carbocycles. The van der Waals surface area contributed by atoms with Gasteiger partial charge in [0.1, 0.15) is 17.9 Å². The Balaban J connectivity index is 2.03. The van der Waals surface area contributed by atoms with Crippen LogP contribution in [0.4, 0.5) is 5.69 Å². The maximum Gasteiger partial charge on any atom is 0.312 e. The number of hydrogen-bond acceptors (Lipinski definition) is 4. The Morgan fingerprint density at radius 1 is 1.43 bits per heavy atom. The van der Waals surface area contributed by atoms with Crippen LogP contribution in [0.2, 0.25) is 0 Å². The van der Waals surface area contributed by atoms with Gasteiger partial charge < -0.3 is 5.32 Å². The average molecular weight is 294 g/mol. The summed E-state index contributed by atoms with van der Waals surface area (Å²) in [5.41, 5.74) is 0.759. The number of amides is 1. The molecule has 7 nitrogen and oxygen atoms in total. The number of aryl methyl sites for hydroxylation is 1. The van der Waals surface area contributed by atoms with E-state index in [-0.39, 0.29) is 24.2 Å². The topological polar surface area (TPSA) is 90.1 Å². The second kappa shape index (κ2) is 6.24. The zero-order valence-corrected chi connectivity index (χ0v) is 12.8. The molecule has 0 spiro atoms. The molecule has 0 saturated heterocycles. The van der Waals surface area contributed by atoms with Crippen molar-refractivity contribution in [2.75, 3.05) is 0 Å². The monoisotopic (exact) mass is 294 g/mol. The minimum atomic E-state index is -0.449. The molecule has 0 unspecified atom stereocenters. The molecule has 1 amide bonds. The number of nitrogens with one attached hydrogen (secondary N) is 1. The van der Waals surface area contributed by atoms with Crippen molar-refractivity contribution < 1.29 is 9.72 Å². The molecule has 0 aromatic carbocycles. The third-order valence-corrected chi connectivity index (χ3v) is 4.28. The normalized spacial score (nSPS) is 22.0. The lowest BCUT2D eigenvalue weighted by Gasteiger charge is -2.29. The molecule has 116 valence electrons. The molecule has 7 heteroatoms. The smallest absolute Gasteiger partial charge is 0.312 e. The fourth-order valence-electron chi connectivity index (χ4n) is 3.02. The minimum absolute atomic E-state index is 0.00571. The summed E-state index contributed by atoms with van der Waals surface area (Å²) in [4.78, 5) is 22.6. The van der Waals surface area contributed by atoms with Crippen LogP contribution in [0.3, 0.4) is 0 Å². The van der Waals surface area contributed by atoms with Crippen molar-refractivity contribution in [3.63, 3.8) is 0 Å². The van der Waals surface area contributed by atoms with Gasteiger partial charge in [0.25, 0.3) is 0 Å². The highest BCUT2D eigenvalue weighted by molar-refractivity contribution is 5.76. The number of hydrogen-bond donors (Lipinski definition) is 1. The summed E-state index contributed by atoms with van der Waals surface area (Å²) < 4.78 is 1.41. The summed E-state index contributed by atoms with van der Waals surface area (Å²) in [6, 6.07) is 0.207. The highest BCUT2D eigenvalue weighted by Crippen LogP contribution is 2.24. The van der Waals surface area contributed by atoms with Crippen molar-refractivity contribution in [1.29, 1.82) is 0 Å². The van der Waals surface area contributed by atoms with Gasteiger partial charge in [0.15, 0.2) is 0 Å². The van der Waals surface area contributed by atoms with E-state index in [1.807, 2.05) is 0 Å². The fraction of sp³-hybridized carbons (Fsp3) is 0.714. The Kier molecular flexibility index (Phi) is 4.59. The van der Waals surface area contributed by atoms with Crippen LogP contribution in [0.5, 0.6) is 0 Å². The fourth-order valence-corrected chi connectivity index (χ4v) is 3.02. The Hall–Kier alpha value is -1.92. The van der Waals surface area contributed by atoms with E-state index in [1.54, 1.807) is 13.8 Å². The van der Waals surface area contributed by atoms with E-state index in [0.29, 0.717) is 17.3 Å². The summed E-state index contributed by atoms with van der Waals surface area (Å²) in [7, 11) is 0. The van der Waals surface area contributed by atoms with Crippen LogP contribution in [-0.2, 0) is 11.3 Å². The van der Waals surface area contributed by atoms with Gasteiger partial charge in [0.05, 0.1) is 4.92 Å². The zero-order valence-electron chi connectivity index (χ0n) is 12.8. The van der Waals surface area contributed by atoms with Crippen LogP contribution in [-0.4, -0.2) is 26.7 Å². The predicted octanol–water partition coefficient (Wildman–Crippen LogP) is 2.10. The lowest BCUT2D eigenvalue weighted by atomic mass is 9.86. The number of carbonyl (C=O) groups excluding carboxylic acids is 1. The van der Waals surface area contributed by atoms with E-state index in [0.717, 1.165) is 19.3 Å². The molecule has 1 aromatic heterocycles. The van der Waals surface area contributed by atoms with Crippen LogP contribution >= 0.6 is 0 Å². The lowest BCUT2D eigenvalue weighted by Crippen LogP contribution is -2.42. The van der Waals surface area contributed by atoms with Gasteiger partial charge in [-0.1, -0.05) is 19.8 Å². The maximum atomic E-state index is 12.1. The second-order valence-corrected chi connectivity index (χ2v) is 5.87. The van der Waals surface area contributed by atoms with Gasteiger partial charge in [0, 0.05) is 6.04 Å². The van der Waals surface area contributed by atoms with E-state index < -0.39 is 4.92 Å². The van der Waals surface area contributed by atoms with Crippen LogP contribution < -0.4 is 5.32 Å². The average Bonchev–Trinajstić information content (AvgIpc) is 2.67. The Morgan fingerprint density at radius 2 is 2.10 bits per heavy atom.